The number of phosphoric ester groups is 2. The second-order valence-corrected chi connectivity index (χ2v) is 29.0. The van der Waals surface area contributed by atoms with Crippen molar-refractivity contribution in [3.05, 3.63) is 24.3 Å². The van der Waals surface area contributed by atoms with Gasteiger partial charge >= 0.3 is 39.5 Å². The zero-order valence-corrected chi connectivity index (χ0v) is 59.9. The predicted molar refractivity (Wildman–Crippen MR) is 363 cm³/mol. The Balaban J connectivity index is 5.26. The molecule has 3 N–H and O–H groups in total. The number of carbonyl (C=O) groups is 4. The number of allylic oxidation sites excluding steroid dienone is 4. The van der Waals surface area contributed by atoms with Gasteiger partial charge in [0.25, 0.3) is 0 Å². The van der Waals surface area contributed by atoms with Crippen molar-refractivity contribution in [2.75, 3.05) is 39.6 Å². The van der Waals surface area contributed by atoms with E-state index in [-0.39, 0.29) is 25.7 Å². The number of ether oxygens (including phenoxy) is 4. The molecular weight excluding hydrogens is 1190 g/mol. The van der Waals surface area contributed by atoms with Gasteiger partial charge in [0, 0.05) is 25.7 Å². The van der Waals surface area contributed by atoms with Crippen molar-refractivity contribution in [1.29, 1.82) is 0 Å². The third-order valence-corrected chi connectivity index (χ3v) is 18.0. The molecule has 3 unspecified atom stereocenters. The van der Waals surface area contributed by atoms with E-state index in [1.54, 1.807) is 0 Å². The monoisotopic (exact) mass is 1320 g/mol. The number of hydrogen-bond donors (Lipinski definition) is 3. The van der Waals surface area contributed by atoms with E-state index in [1.807, 2.05) is 0 Å². The van der Waals surface area contributed by atoms with E-state index in [9.17, 15) is 43.2 Å². The van der Waals surface area contributed by atoms with Crippen molar-refractivity contribution in [2.24, 2.45) is 17.8 Å². The molecule has 0 aliphatic rings. The fourth-order valence-corrected chi connectivity index (χ4v) is 11.7. The Morgan fingerprint density at radius 3 is 0.989 bits per heavy atom. The Morgan fingerprint density at radius 1 is 0.367 bits per heavy atom. The number of carbonyl (C=O) groups excluding carboxylic acids is 4. The van der Waals surface area contributed by atoms with Crippen LogP contribution in [0.3, 0.4) is 0 Å². The van der Waals surface area contributed by atoms with Crippen molar-refractivity contribution >= 4 is 39.5 Å². The lowest BCUT2D eigenvalue weighted by atomic mass is 10.00. The lowest BCUT2D eigenvalue weighted by molar-refractivity contribution is -0.161. The van der Waals surface area contributed by atoms with Gasteiger partial charge in [-0.3, -0.25) is 37.3 Å². The first-order valence-corrected chi connectivity index (χ1v) is 39.2. The average molecular weight is 1320 g/mol. The summed E-state index contributed by atoms with van der Waals surface area (Å²) in [5, 5.41) is 10.6. The maximum absolute atomic E-state index is 13.0. The molecule has 0 rings (SSSR count). The summed E-state index contributed by atoms with van der Waals surface area (Å²) in [5.74, 6) is 0.0311. The number of esters is 4. The van der Waals surface area contributed by atoms with Gasteiger partial charge in [-0.25, -0.2) is 9.13 Å². The van der Waals surface area contributed by atoms with E-state index >= 15 is 0 Å². The Labute approximate surface area is 548 Å². The minimum Gasteiger partial charge on any atom is -0.462 e. The molecule has 17 nitrogen and oxygen atoms in total. The molecular formula is C71H134O17P2. The number of hydrogen-bond acceptors (Lipinski definition) is 15. The predicted octanol–water partition coefficient (Wildman–Crippen LogP) is 19.8. The Hall–Kier alpha value is -2.46. The summed E-state index contributed by atoms with van der Waals surface area (Å²) in [4.78, 5) is 72.5. The van der Waals surface area contributed by atoms with E-state index in [2.05, 4.69) is 72.8 Å². The fraction of sp³-hybridized carbons (Fsp3) is 0.887. The second-order valence-electron chi connectivity index (χ2n) is 26.1. The normalized spacial score (nSPS) is 14.7. The second kappa shape index (κ2) is 61.4. The molecule has 0 saturated carbocycles. The van der Waals surface area contributed by atoms with E-state index < -0.39 is 97.5 Å². The van der Waals surface area contributed by atoms with E-state index in [1.165, 1.54) is 116 Å². The van der Waals surface area contributed by atoms with Crippen LogP contribution in [0.25, 0.3) is 0 Å². The molecule has 0 heterocycles. The van der Waals surface area contributed by atoms with Crippen LogP contribution < -0.4 is 0 Å². The zero-order chi connectivity index (χ0) is 66.6. The van der Waals surface area contributed by atoms with Gasteiger partial charge in [0.2, 0.25) is 0 Å². The summed E-state index contributed by atoms with van der Waals surface area (Å²) in [5.41, 5.74) is 0. The highest BCUT2D eigenvalue weighted by molar-refractivity contribution is 7.47. The first-order valence-electron chi connectivity index (χ1n) is 36.2. The summed E-state index contributed by atoms with van der Waals surface area (Å²) < 4.78 is 68.2. The van der Waals surface area contributed by atoms with Gasteiger partial charge in [0.05, 0.1) is 26.4 Å². The van der Waals surface area contributed by atoms with Crippen LogP contribution in [0.1, 0.15) is 331 Å². The zero-order valence-electron chi connectivity index (χ0n) is 58.1. The van der Waals surface area contributed by atoms with Gasteiger partial charge in [0.15, 0.2) is 12.2 Å². The highest BCUT2D eigenvalue weighted by Gasteiger charge is 2.30. The summed E-state index contributed by atoms with van der Waals surface area (Å²) in [6, 6.07) is 0. The molecule has 0 amide bonds. The average Bonchev–Trinajstić information content (AvgIpc) is 2.89. The molecule has 90 heavy (non-hydrogen) atoms. The van der Waals surface area contributed by atoms with Crippen molar-refractivity contribution in [1.82, 2.24) is 0 Å². The minimum absolute atomic E-state index is 0.0836. The third kappa shape index (κ3) is 63.0. The SMILES string of the molecule is CCCCCC/C=C\C=C/CCCCCCCC(=O)O[C@H](COC(=O)CCCCCCCCC(C)CC)COP(=O)(O)OC[C@@H](O)COP(=O)(O)OC[C@@H](COC(=O)CCCCCCCCC(C)C)OC(=O)CCCCCCCCCCCCCCCC(C)C. The van der Waals surface area contributed by atoms with Gasteiger partial charge in [-0.2, -0.15) is 0 Å². The topological polar surface area (TPSA) is 237 Å². The summed E-state index contributed by atoms with van der Waals surface area (Å²) >= 11 is 0. The van der Waals surface area contributed by atoms with Crippen LogP contribution in [0.15, 0.2) is 24.3 Å². The highest BCUT2D eigenvalue weighted by Crippen LogP contribution is 2.45. The Bertz CT molecular complexity index is 1860. The standard InChI is InChI=1S/C71H134O17P2/c1-8-10-11-12-13-14-15-16-17-20-23-26-29-40-47-54-71(76)88-67(59-82-69(74)53-46-39-34-32-37-44-51-64(7)9-2)61-86-90(79,80)84-57-65(72)56-83-89(77,78)85-60-66(58-81-68(73)52-45-38-33-31-36-43-50-63(5)6)87-70(75)55-48-41-30-27-24-21-18-19-22-25-28-35-42-49-62(3)4/h14-17,62-67,72H,8-13,18-61H2,1-7H3,(H,77,78)(H,79,80)/b15-14-,17-16-/t64?,65-,66+,67+/m0/s1. The number of unbranched alkanes of at least 4 members (excludes halogenated alkanes) is 31. The smallest absolute Gasteiger partial charge is 0.462 e. The molecule has 0 aromatic carbocycles. The van der Waals surface area contributed by atoms with Crippen LogP contribution in [-0.2, 0) is 65.4 Å². The molecule has 0 aliphatic carbocycles. The lowest BCUT2D eigenvalue weighted by Crippen LogP contribution is -2.30. The van der Waals surface area contributed by atoms with Gasteiger partial charge in [-0.15, -0.1) is 0 Å². The van der Waals surface area contributed by atoms with Gasteiger partial charge in [0.1, 0.15) is 19.3 Å². The highest BCUT2D eigenvalue weighted by atomic mass is 31.2. The van der Waals surface area contributed by atoms with Crippen LogP contribution in [0, 0.1) is 17.8 Å². The van der Waals surface area contributed by atoms with E-state index in [0.29, 0.717) is 31.6 Å². The van der Waals surface area contributed by atoms with Crippen LogP contribution in [0.4, 0.5) is 0 Å². The molecule has 0 saturated heterocycles. The quantitative estimate of drug-likeness (QED) is 0.0169. The number of aliphatic hydroxyl groups excluding tert-OH is 1. The molecule has 0 aromatic heterocycles. The molecule has 530 valence electrons. The molecule has 19 heteroatoms. The summed E-state index contributed by atoms with van der Waals surface area (Å²) in [6.45, 7) is 11.7. The Morgan fingerprint density at radius 2 is 0.656 bits per heavy atom. The van der Waals surface area contributed by atoms with Gasteiger partial charge < -0.3 is 33.8 Å². The molecule has 0 radical (unpaired) electrons. The van der Waals surface area contributed by atoms with Crippen LogP contribution in [-0.4, -0.2) is 96.7 Å². The molecule has 0 spiro atoms. The first kappa shape index (κ1) is 87.5. The molecule has 6 atom stereocenters. The van der Waals surface area contributed by atoms with Crippen LogP contribution in [0.2, 0.25) is 0 Å². The fourth-order valence-electron chi connectivity index (χ4n) is 10.1. The molecule has 0 aliphatic heterocycles. The van der Waals surface area contributed by atoms with Crippen molar-refractivity contribution in [3.63, 3.8) is 0 Å². The molecule has 0 aromatic rings. The first-order chi connectivity index (χ1) is 43.3. The van der Waals surface area contributed by atoms with Gasteiger partial charge in [-0.05, 0) is 69.1 Å². The Kier molecular flexibility index (Phi) is 59.7. The maximum atomic E-state index is 13.0. The third-order valence-electron chi connectivity index (χ3n) is 16.1. The summed E-state index contributed by atoms with van der Waals surface area (Å²) in [7, 11) is -9.91. The number of phosphoric acid groups is 2. The van der Waals surface area contributed by atoms with Crippen molar-refractivity contribution in [2.45, 2.75) is 349 Å². The van der Waals surface area contributed by atoms with Crippen LogP contribution >= 0.6 is 15.6 Å². The van der Waals surface area contributed by atoms with Crippen molar-refractivity contribution in [3.8, 4) is 0 Å². The van der Waals surface area contributed by atoms with E-state index in [0.717, 1.165) is 127 Å². The summed E-state index contributed by atoms with van der Waals surface area (Å²) in [6.07, 6.45) is 48.2. The van der Waals surface area contributed by atoms with Gasteiger partial charge in [-0.1, -0.05) is 278 Å². The lowest BCUT2D eigenvalue weighted by Gasteiger charge is -2.21. The van der Waals surface area contributed by atoms with Crippen LogP contribution in [0.5, 0.6) is 0 Å². The van der Waals surface area contributed by atoms with E-state index in [4.69, 9.17) is 37.0 Å². The maximum Gasteiger partial charge on any atom is 0.472 e. The van der Waals surface area contributed by atoms with Crippen molar-refractivity contribution < 1.29 is 80.2 Å². The minimum atomic E-state index is -4.96. The molecule has 0 bridgehead atoms. The number of rotatable bonds is 67. The molecule has 0 fully saturated rings. The number of aliphatic hydroxyl groups is 1. The largest absolute Gasteiger partial charge is 0.472 e.